The Morgan fingerprint density at radius 3 is 2.73 bits per heavy atom. The average molecular weight is 209 g/mol. The predicted octanol–water partition coefficient (Wildman–Crippen LogP) is 1.91. The van der Waals surface area contributed by atoms with E-state index in [4.69, 9.17) is 5.11 Å². The molecule has 0 amide bonds. The van der Waals surface area contributed by atoms with Gasteiger partial charge in [-0.3, -0.25) is 0 Å². The first-order valence-corrected chi connectivity index (χ1v) is 5.84. The zero-order valence-electron chi connectivity index (χ0n) is 9.26. The van der Waals surface area contributed by atoms with Crippen LogP contribution in [-0.2, 0) is 6.61 Å². The van der Waals surface area contributed by atoms with Crippen molar-refractivity contribution in [1.29, 1.82) is 0 Å². The first-order chi connectivity index (χ1) is 7.35. The summed E-state index contributed by atoms with van der Waals surface area (Å²) < 4.78 is 1.91. The Morgan fingerprint density at radius 2 is 2.13 bits per heavy atom. The first kappa shape index (κ1) is 10.6. The molecule has 2 rings (SSSR count). The second-order valence-corrected chi connectivity index (χ2v) is 4.36. The van der Waals surface area contributed by atoms with Gasteiger partial charge in [-0.05, 0) is 31.6 Å². The van der Waals surface area contributed by atoms with Crippen molar-refractivity contribution < 1.29 is 5.11 Å². The fraction of sp³-hybridized carbons (Fsp3) is 0.818. The molecule has 0 aliphatic heterocycles. The highest BCUT2D eigenvalue weighted by Crippen LogP contribution is 2.33. The summed E-state index contributed by atoms with van der Waals surface area (Å²) in [7, 11) is 0. The summed E-state index contributed by atoms with van der Waals surface area (Å²) in [5.74, 6) is 1.59. The molecule has 0 unspecified atom stereocenters. The Hall–Kier alpha value is -0.900. The van der Waals surface area contributed by atoms with E-state index in [0.29, 0.717) is 11.9 Å². The predicted molar refractivity (Wildman–Crippen MR) is 57.2 cm³/mol. The third-order valence-electron chi connectivity index (χ3n) is 3.53. The molecule has 1 aromatic heterocycles. The summed E-state index contributed by atoms with van der Waals surface area (Å²) >= 11 is 0. The van der Waals surface area contributed by atoms with Crippen molar-refractivity contribution in [2.45, 2.75) is 51.7 Å². The van der Waals surface area contributed by atoms with Crippen LogP contribution < -0.4 is 0 Å². The van der Waals surface area contributed by atoms with Crippen molar-refractivity contribution in [2.75, 3.05) is 0 Å². The lowest BCUT2D eigenvalue weighted by Gasteiger charge is -2.28. The first-order valence-electron chi connectivity index (χ1n) is 5.84. The molecule has 0 atom stereocenters. The van der Waals surface area contributed by atoms with E-state index in [1.54, 1.807) is 0 Å². The van der Waals surface area contributed by atoms with E-state index in [2.05, 4.69) is 17.0 Å². The minimum absolute atomic E-state index is 0.00624. The van der Waals surface area contributed by atoms with E-state index >= 15 is 0 Å². The number of aliphatic hydroxyl groups is 1. The van der Waals surface area contributed by atoms with Crippen LogP contribution in [0.1, 0.15) is 50.9 Å². The number of aromatic nitrogens is 3. The number of hydrogen-bond donors (Lipinski definition) is 1. The number of hydrogen-bond acceptors (Lipinski definition) is 3. The Kier molecular flexibility index (Phi) is 3.36. The quantitative estimate of drug-likeness (QED) is 0.827. The molecule has 0 aromatic carbocycles. The Balaban J connectivity index is 2.01. The van der Waals surface area contributed by atoms with Crippen molar-refractivity contribution in [3.8, 4) is 0 Å². The molecule has 1 N–H and O–H groups in total. The van der Waals surface area contributed by atoms with Crippen LogP contribution in [0.15, 0.2) is 6.33 Å². The molecule has 1 heterocycles. The Morgan fingerprint density at radius 1 is 1.40 bits per heavy atom. The summed E-state index contributed by atoms with van der Waals surface area (Å²) in [5.41, 5.74) is 0. The van der Waals surface area contributed by atoms with Gasteiger partial charge in [-0.15, -0.1) is 0 Å². The van der Waals surface area contributed by atoms with Crippen molar-refractivity contribution in [3.63, 3.8) is 0 Å². The van der Waals surface area contributed by atoms with Gasteiger partial charge in [-0.2, -0.15) is 5.10 Å². The van der Waals surface area contributed by atoms with Gasteiger partial charge >= 0.3 is 0 Å². The topological polar surface area (TPSA) is 50.9 Å². The van der Waals surface area contributed by atoms with Crippen LogP contribution in [-0.4, -0.2) is 19.9 Å². The fourth-order valence-electron chi connectivity index (χ4n) is 2.49. The summed E-state index contributed by atoms with van der Waals surface area (Å²) in [6.07, 6.45) is 7.75. The van der Waals surface area contributed by atoms with E-state index in [9.17, 15) is 0 Å². The molecule has 1 saturated carbocycles. The Labute approximate surface area is 90.3 Å². The standard InChI is InChI=1S/C11H19N3O/c1-2-9-3-5-10(6-4-9)14-11(7-15)12-8-13-14/h8-10,15H,2-7H2,1H3. The van der Waals surface area contributed by atoms with Gasteiger partial charge in [-0.25, -0.2) is 9.67 Å². The van der Waals surface area contributed by atoms with Gasteiger partial charge in [0, 0.05) is 0 Å². The van der Waals surface area contributed by atoms with Crippen LogP contribution in [0.25, 0.3) is 0 Å². The van der Waals surface area contributed by atoms with Crippen LogP contribution in [0, 0.1) is 5.92 Å². The number of rotatable bonds is 3. The molecule has 84 valence electrons. The van der Waals surface area contributed by atoms with E-state index < -0.39 is 0 Å². The normalized spacial score (nSPS) is 26.8. The molecule has 1 aliphatic carbocycles. The maximum absolute atomic E-state index is 9.11. The molecular formula is C11H19N3O. The van der Waals surface area contributed by atoms with Crippen LogP contribution in [0.2, 0.25) is 0 Å². The number of aliphatic hydroxyl groups excluding tert-OH is 1. The van der Waals surface area contributed by atoms with Gasteiger partial charge < -0.3 is 5.11 Å². The summed E-state index contributed by atoms with van der Waals surface area (Å²) in [4.78, 5) is 4.05. The van der Waals surface area contributed by atoms with Gasteiger partial charge in [0.2, 0.25) is 0 Å². The largest absolute Gasteiger partial charge is 0.388 e. The summed E-state index contributed by atoms with van der Waals surface area (Å²) in [6.45, 7) is 2.26. The molecule has 1 aromatic rings. The van der Waals surface area contributed by atoms with Crippen LogP contribution >= 0.6 is 0 Å². The average Bonchev–Trinajstić information content (AvgIpc) is 2.77. The highest BCUT2D eigenvalue weighted by Gasteiger charge is 2.23. The van der Waals surface area contributed by atoms with E-state index in [1.807, 2.05) is 4.68 Å². The van der Waals surface area contributed by atoms with Gasteiger partial charge in [0.25, 0.3) is 0 Å². The van der Waals surface area contributed by atoms with E-state index in [1.165, 1.54) is 38.4 Å². The fourth-order valence-corrected chi connectivity index (χ4v) is 2.49. The van der Waals surface area contributed by atoms with Crippen LogP contribution in [0.4, 0.5) is 0 Å². The second kappa shape index (κ2) is 4.75. The Bertz CT molecular complexity index is 303. The smallest absolute Gasteiger partial charge is 0.152 e. The molecule has 1 aliphatic rings. The lowest BCUT2D eigenvalue weighted by Crippen LogP contribution is -2.20. The summed E-state index contributed by atoms with van der Waals surface area (Å²) in [6, 6.07) is 0.456. The molecule has 0 bridgehead atoms. The highest BCUT2D eigenvalue weighted by atomic mass is 16.3. The molecule has 0 spiro atoms. The molecule has 4 nitrogen and oxygen atoms in total. The van der Waals surface area contributed by atoms with Gasteiger partial charge in [-0.1, -0.05) is 13.3 Å². The molecule has 0 saturated heterocycles. The van der Waals surface area contributed by atoms with Gasteiger partial charge in [0.1, 0.15) is 12.9 Å². The lowest BCUT2D eigenvalue weighted by molar-refractivity contribution is 0.222. The third kappa shape index (κ3) is 2.20. The molecule has 15 heavy (non-hydrogen) atoms. The van der Waals surface area contributed by atoms with E-state index in [0.717, 1.165) is 5.92 Å². The van der Waals surface area contributed by atoms with Crippen molar-refractivity contribution in [1.82, 2.24) is 14.8 Å². The van der Waals surface area contributed by atoms with Crippen molar-refractivity contribution in [3.05, 3.63) is 12.2 Å². The minimum Gasteiger partial charge on any atom is -0.388 e. The maximum atomic E-state index is 9.11. The SMILES string of the molecule is CCC1CCC(n2ncnc2CO)CC1. The molecule has 4 heteroatoms. The van der Waals surface area contributed by atoms with Crippen LogP contribution in [0.5, 0.6) is 0 Å². The zero-order valence-corrected chi connectivity index (χ0v) is 9.26. The minimum atomic E-state index is -0.00624. The van der Waals surface area contributed by atoms with Gasteiger partial charge in [0.05, 0.1) is 6.04 Å². The lowest BCUT2D eigenvalue weighted by atomic mass is 9.84. The monoisotopic (exact) mass is 209 g/mol. The van der Waals surface area contributed by atoms with Crippen LogP contribution in [0.3, 0.4) is 0 Å². The van der Waals surface area contributed by atoms with Gasteiger partial charge in [0.15, 0.2) is 5.82 Å². The van der Waals surface area contributed by atoms with Crippen molar-refractivity contribution in [2.24, 2.45) is 5.92 Å². The molecular weight excluding hydrogens is 190 g/mol. The molecule has 0 radical (unpaired) electrons. The third-order valence-corrected chi connectivity index (χ3v) is 3.53. The molecule has 1 fully saturated rings. The highest BCUT2D eigenvalue weighted by molar-refractivity contribution is 4.87. The van der Waals surface area contributed by atoms with Crippen molar-refractivity contribution >= 4 is 0 Å². The maximum Gasteiger partial charge on any atom is 0.152 e. The zero-order chi connectivity index (χ0) is 10.7. The number of nitrogens with zero attached hydrogens (tertiary/aromatic N) is 3. The summed E-state index contributed by atoms with van der Waals surface area (Å²) in [5, 5.41) is 13.3. The second-order valence-electron chi connectivity index (χ2n) is 4.36. The van der Waals surface area contributed by atoms with E-state index in [-0.39, 0.29) is 6.61 Å².